The van der Waals surface area contributed by atoms with E-state index in [2.05, 4.69) is 11.8 Å². The first-order valence-corrected chi connectivity index (χ1v) is 10.7. The number of methoxy groups -OCH3 is 1. The fraction of sp³-hybridized carbons (Fsp3) is 0.320. The monoisotopic (exact) mass is 416 g/mol. The van der Waals surface area contributed by atoms with Crippen LogP contribution in [0.15, 0.2) is 54.6 Å². The van der Waals surface area contributed by atoms with E-state index < -0.39 is 0 Å². The molecule has 1 amide bonds. The normalized spacial score (nSPS) is 12.9. The Morgan fingerprint density at radius 3 is 2.52 bits per heavy atom. The van der Waals surface area contributed by atoms with Crippen molar-refractivity contribution in [1.82, 2.24) is 14.9 Å². The van der Waals surface area contributed by atoms with Gasteiger partial charge < -0.3 is 14.5 Å². The van der Waals surface area contributed by atoms with Gasteiger partial charge in [-0.15, -0.1) is 0 Å². The highest BCUT2D eigenvalue weighted by Crippen LogP contribution is 2.29. The Morgan fingerprint density at radius 1 is 1.10 bits per heavy atom. The topological polar surface area (TPSA) is 58.6 Å². The van der Waals surface area contributed by atoms with E-state index in [1.54, 1.807) is 7.11 Å². The summed E-state index contributed by atoms with van der Waals surface area (Å²) in [5.74, 6) is 2.57. The van der Waals surface area contributed by atoms with Gasteiger partial charge in [-0.3, -0.25) is 4.79 Å². The van der Waals surface area contributed by atoms with Crippen molar-refractivity contribution in [2.75, 3.05) is 32.1 Å². The van der Waals surface area contributed by atoms with Crippen molar-refractivity contribution in [1.29, 1.82) is 0 Å². The van der Waals surface area contributed by atoms with Crippen LogP contribution >= 0.6 is 0 Å². The number of rotatable bonds is 6. The minimum absolute atomic E-state index is 0.119. The molecule has 0 saturated carbocycles. The van der Waals surface area contributed by atoms with E-state index in [1.807, 2.05) is 66.5 Å². The van der Waals surface area contributed by atoms with Crippen molar-refractivity contribution in [2.45, 2.75) is 26.3 Å². The maximum Gasteiger partial charge on any atom is 0.227 e. The van der Waals surface area contributed by atoms with Gasteiger partial charge in [0.2, 0.25) is 5.91 Å². The summed E-state index contributed by atoms with van der Waals surface area (Å²) in [7, 11) is 3.68. The fourth-order valence-electron chi connectivity index (χ4n) is 3.82. The summed E-state index contributed by atoms with van der Waals surface area (Å²) in [6.45, 7) is 4.14. The summed E-state index contributed by atoms with van der Waals surface area (Å²) in [6, 6.07) is 17.7. The molecule has 0 bridgehead atoms. The Kier molecular flexibility index (Phi) is 6.16. The number of aromatic nitrogens is 2. The van der Waals surface area contributed by atoms with Gasteiger partial charge in [-0.25, -0.2) is 9.97 Å². The molecule has 6 heteroatoms. The third-order valence-electron chi connectivity index (χ3n) is 5.77. The van der Waals surface area contributed by atoms with Crippen LogP contribution in [0.3, 0.4) is 0 Å². The summed E-state index contributed by atoms with van der Waals surface area (Å²) in [4.78, 5) is 26.8. The number of amides is 1. The highest BCUT2D eigenvalue weighted by molar-refractivity contribution is 5.79. The van der Waals surface area contributed by atoms with Gasteiger partial charge in [0.1, 0.15) is 11.6 Å². The zero-order chi connectivity index (χ0) is 21.8. The lowest BCUT2D eigenvalue weighted by molar-refractivity contribution is -0.131. The molecule has 0 spiro atoms. The predicted octanol–water partition coefficient (Wildman–Crippen LogP) is 3.74. The highest BCUT2D eigenvalue weighted by atomic mass is 16.5. The molecule has 0 saturated heterocycles. The number of fused-ring (bicyclic) bond motifs is 1. The molecule has 0 atom stereocenters. The molecule has 0 fully saturated rings. The molecule has 2 heterocycles. The molecule has 0 radical (unpaired) electrons. The van der Waals surface area contributed by atoms with Crippen molar-refractivity contribution in [2.24, 2.45) is 0 Å². The van der Waals surface area contributed by atoms with Gasteiger partial charge in [-0.1, -0.05) is 42.5 Å². The molecule has 6 nitrogen and oxygen atoms in total. The number of hydrogen-bond acceptors (Lipinski definition) is 5. The largest absolute Gasteiger partial charge is 0.497 e. The average molecular weight is 417 g/mol. The molecule has 0 unspecified atom stereocenters. The SMILES string of the molecule is CCN(C)c1nc(-c2ccccc2)nc2c1CN(C(=O)Cc1ccc(OC)cc1)CC2. The summed E-state index contributed by atoms with van der Waals surface area (Å²) in [5, 5.41) is 0. The zero-order valence-electron chi connectivity index (χ0n) is 18.3. The second-order valence-electron chi connectivity index (χ2n) is 7.77. The molecule has 1 aromatic heterocycles. The standard InChI is InChI=1S/C25H28N4O2/c1-4-28(2)25-21-17-29(23(30)16-18-10-12-20(31-3)13-11-18)15-14-22(21)26-24(27-25)19-8-6-5-7-9-19/h5-13H,4,14-17H2,1-3H3. The third kappa shape index (κ3) is 4.53. The first-order chi connectivity index (χ1) is 15.1. The van der Waals surface area contributed by atoms with Crippen LogP contribution in [-0.4, -0.2) is 48.0 Å². The number of ether oxygens (including phenoxy) is 1. The van der Waals surface area contributed by atoms with Crippen molar-refractivity contribution < 1.29 is 9.53 Å². The number of anilines is 1. The molecule has 1 aliphatic rings. The van der Waals surface area contributed by atoms with Crippen molar-refractivity contribution in [3.63, 3.8) is 0 Å². The lowest BCUT2D eigenvalue weighted by atomic mass is 10.0. The third-order valence-corrected chi connectivity index (χ3v) is 5.77. The highest BCUT2D eigenvalue weighted by Gasteiger charge is 2.27. The summed E-state index contributed by atoms with van der Waals surface area (Å²) >= 11 is 0. The molecule has 4 rings (SSSR count). The number of benzene rings is 2. The molecule has 2 aromatic carbocycles. The smallest absolute Gasteiger partial charge is 0.227 e. The Hall–Kier alpha value is -3.41. The number of nitrogens with zero attached hydrogens (tertiary/aromatic N) is 4. The van der Waals surface area contributed by atoms with Gasteiger partial charge in [0.05, 0.1) is 25.8 Å². The molecule has 3 aromatic rings. The lowest BCUT2D eigenvalue weighted by Crippen LogP contribution is -2.38. The maximum absolute atomic E-state index is 13.0. The van der Waals surface area contributed by atoms with Crippen LogP contribution in [0, 0.1) is 0 Å². The lowest BCUT2D eigenvalue weighted by Gasteiger charge is -2.32. The molecule has 160 valence electrons. The minimum atomic E-state index is 0.119. The molecular formula is C25H28N4O2. The van der Waals surface area contributed by atoms with E-state index in [0.717, 1.165) is 52.7 Å². The van der Waals surface area contributed by atoms with E-state index in [0.29, 0.717) is 19.5 Å². The molecule has 31 heavy (non-hydrogen) atoms. The Labute approximate surface area is 183 Å². The fourth-order valence-corrected chi connectivity index (χ4v) is 3.82. The van der Waals surface area contributed by atoms with Crippen molar-refractivity contribution >= 4 is 11.7 Å². The Morgan fingerprint density at radius 2 is 1.84 bits per heavy atom. The summed E-state index contributed by atoms with van der Waals surface area (Å²) in [6.07, 6.45) is 1.11. The molecular weight excluding hydrogens is 388 g/mol. The van der Waals surface area contributed by atoms with Crippen molar-refractivity contribution in [3.05, 3.63) is 71.4 Å². The summed E-state index contributed by atoms with van der Waals surface area (Å²) in [5.41, 5.74) is 4.09. The van der Waals surface area contributed by atoms with Crippen LogP contribution < -0.4 is 9.64 Å². The zero-order valence-corrected chi connectivity index (χ0v) is 18.3. The van der Waals surface area contributed by atoms with E-state index in [4.69, 9.17) is 14.7 Å². The van der Waals surface area contributed by atoms with Crippen LogP contribution in [0.5, 0.6) is 5.75 Å². The number of hydrogen-bond donors (Lipinski definition) is 0. The van der Waals surface area contributed by atoms with Crippen LogP contribution in [0.4, 0.5) is 5.82 Å². The van der Waals surface area contributed by atoms with E-state index in [-0.39, 0.29) is 5.91 Å². The van der Waals surface area contributed by atoms with Gasteiger partial charge in [0.15, 0.2) is 5.82 Å². The van der Waals surface area contributed by atoms with E-state index in [1.165, 1.54) is 0 Å². The van der Waals surface area contributed by atoms with Gasteiger partial charge in [-0.05, 0) is 24.6 Å². The number of carbonyl (C=O) groups excluding carboxylic acids is 1. The maximum atomic E-state index is 13.0. The summed E-state index contributed by atoms with van der Waals surface area (Å²) < 4.78 is 5.20. The van der Waals surface area contributed by atoms with Gasteiger partial charge in [0.25, 0.3) is 0 Å². The first-order valence-electron chi connectivity index (χ1n) is 10.7. The van der Waals surface area contributed by atoms with Crippen LogP contribution in [-0.2, 0) is 24.2 Å². The van der Waals surface area contributed by atoms with Crippen molar-refractivity contribution in [3.8, 4) is 17.1 Å². The Balaban J connectivity index is 1.59. The van der Waals surface area contributed by atoms with Crippen LogP contribution in [0.25, 0.3) is 11.4 Å². The van der Waals surface area contributed by atoms with Crippen LogP contribution in [0.1, 0.15) is 23.7 Å². The minimum Gasteiger partial charge on any atom is -0.497 e. The average Bonchev–Trinajstić information content (AvgIpc) is 2.83. The molecule has 0 N–H and O–H groups in total. The first kappa shape index (κ1) is 20.8. The van der Waals surface area contributed by atoms with Gasteiger partial charge in [-0.2, -0.15) is 0 Å². The van der Waals surface area contributed by atoms with Crippen LogP contribution in [0.2, 0.25) is 0 Å². The molecule has 1 aliphatic heterocycles. The number of carbonyl (C=O) groups is 1. The van der Waals surface area contributed by atoms with Gasteiger partial charge in [0, 0.05) is 37.7 Å². The quantitative estimate of drug-likeness (QED) is 0.613. The predicted molar refractivity (Wildman–Crippen MR) is 122 cm³/mol. The second kappa shape index (κ2) is 9.16. The van der Waals surface area contributed by atoms with E-state index in [9.17, 15) is 4.79 Å². The van der Waals surface area contributed by atoms with E-state index >= 15 is 0 Å². The van der Waals surface area contributed by atoms with Gasteiger partial charge >= 0.3 is 0 Å². The Bertz CT molecular complexity index is 1050. The second-order valence-corrected chi connectivity index (χ2v) is 7.77. The molecule has 0 aliphatic carbocycles.